The van der Waals surface area contributed by atoms with Crippen molar-refractivity contribution in [1.82, 2.24) is 0 Å². The monoisotopic (exact) mass is 383 g/mol. The first-order valence-corrected chi connectivity index (χ1v) is 9.71. The molecule has 0 unspecified atom stereocenters. The average Bonchev–Trinajstić information content (AvgIpc) is 2.70. The first-order chi connectivity index (χ1) is 13.5. The first kappa shape index (κ1) is 19.9. The maximum atomic E-state index is 13.1. The van der Waals surface area contributed by atoms with Crippen LogP contribution in [-0.4, -0.2) is 31.4 Å². The Hall–Kier alpha value is -2.89. The van der Waals surface area contributed by atoms with E-state index in [4.69, 9.17) is 0 Å². The van der Waals surface area contributed by atoms with Crippen LogP contribution in [0.5, 0.6) is 0 Å². The molecule has 0 atom stereocenters. The van der Waals surface area contributed by atoms with Crippen LogP contribution in [0.2, 0.25) is 0 Å². The second-order valence-electron chi connectivity index (χ2n) is 7.04. The van der Waals surface area contributed by atoms with E-state index < -0.39 is 0 Å². The van der Waals surface area contributed by atoms with Gasteiger partial charge in [0, 0.05) is 50.0 Å². The minimum absolute atomic E-state index is 0.158. The van der Waals surface area contributed by atoms with Gasteiger partial charge in [-0.1, -0.05) is 0 Å². The van der Waals surface area contributed by atoms with E-state index in [0.717, 1.165) is 18.8 Å². The molecule has 0 spiro atoms. The number of nitrogens with zero attached hydrogens (tertiary/aromatic N) is 2. The molecule has 1 heterocycles. The van der Waals surface area contributed by atoms with Crippen molar-refractivity contribution < 1.29 is 14.0 Å². The Morgan fingerprint density at radius 1 is 1.00 bits per heavy atom. The van der Waals surface area contributed by atoms with Crippen LogP contribution in [0.4, 0.5) is 21.5 Å². The fraction of sp³-hybridized carbons (Fsp3) is 0.364. The lowest BCUT2D eigenvalue weighted by Gasteiger charge is -2.28. The van der Waals surface area contributed by atoms with Crippen LogP contribution >= 0.6 is 0 Å². The number of anilines is 3. The number of halogens is 1. The zero-order chi connectivity index (χ0) is 19.9. The molecule has 1 aliphatic heterocycles. The van der Waals surface area contributed by atoms with Crippen molar-refractivity contribution in [2.24, 2.45) is 0 Å². The predicted octanol–water partition coefficient (Wildman–Crippen LogP) is 4.20. The zero-order valence-corrected chi connectivity index (χ0v) is 16.2. The molecule has 1 aliphatic rings. The average molecular weight is 383 g/mol. The minimum atomic E-state index is -0.363. The summed E-state index contributed by atoms with van der Waals surface area (Å²) in [6, 6.07) is 13.5. The molecule has 0 aromatic heterocycles. The summed E-state index contributed by atoms with van der Waals surface area (Å²) in [6.45, 7) is 3.82. The highest BCUT2D eigenvalue weighted by atomic mass is 19.1. The van der Waals surface area contributed by atoms with E-state index >= 15 is 0 Å². The van der Waals surface area contributed by atoms with Crippen LogP contribution < -0.4 is 15.1 Å². The second kappa shape index (κ2) is 9.35. The molecule has 6 heteroatoms. The molecule has 148 valence electrons. The van der Waals surface area contributed by atoms with Gasteiger partial charge in [-0.2, -0.15) is 0 Å². The normalized spacial score (nSPS) is 13.9. The molecule has 2 aromatic carbocycles. The fourth-order valence-electron chi connectivity index (χ4n) is 3.43. The molecule has 3 rings (SSSR count). The smallest absolute Gasteiger partial charge is 0.226 e. The number of amides is 2. The van der Waals surface area contributed by atoms with Crippen molar-refractivity contribution >= 4 is 28.9 Å². The lowest BCUT2D eigenvalue weighted by Crippen LogP contribution is -2.32. The number of nitrogens with one attached hydrogen (secondary N) is 1. The Balaban J connectivity index is 1.54. The maximum Gasteiger partial charge on any atom is 0.226 e. The molecule has 0 radical (unpaired) electrons. The van der Waals surface area contributed by atoms with Crippen LogP contribution in [0, 0.1) is 5.82 Å². The van der Waals surface area contributed by atoms with E-state index in [9.17, 15) is 14.0 Å². The Kier molecular flexibility index (Phi) is 6.63. The number of carbonyl (C=O) groups is 2. The highest BCUT2D eigenvalue weighted by Crippen LogP contribution is 2.22. The van der Waals surface area contributed by atoms with E-state index in [1.54, 1.807) is 0 Å². The van der Waals surface area contributed by atoms with Gasteiger partial charge < -0.3 is 15.1 Å². The summed E-state index contributed by atoms with van der Waals surface area (Å²) in [5.41, 5.74) is 2.49. The number of hydrogen-bond donors (Lipinski definition) is 1. The van der Waals surface area contributed by atoms with E-state index in [1.807, 2.05) is 24.3 Å². The van der Waals surface area contributed by atoms with Crippen LogP contribution in [0.25, 0.3) is 0 Å². The topological polar surface area (TPSA) is 52.7 Å². The van der Waals surface area contributed by atoms with E-state index in [-0.39, 0.29) is 30.6 Å². The van der Waals surface area contributed by atoms with Gasteiger partial charge in [0.2, 0.25) is 11.8 Å². The van der Waals surface area contributed by atoms with Gasteiger partial charge in [0.1, 0.15) is 5.82 Å². The number of carbonyl (C=O) groups excluding carboxylic acids is 2. The minimum Gasteiger partial charge on any atom is -0.372 e. The second-order valence-corrected chi connectivity index (χ2v) is 7.04. The zero-order valence-electron chi connectivity index (χ0n) is 16.2. The largest absolute Gasteiger partial charge is 0.372 e. The summed E-state index contributed by atoms with van der Waals surface area (Å²) in [5.74, 6) is -0.720. The van der Waals surface area contributed by atoms with Crippen LogP contribution in [0.15, 0.2) is 48.5 Å². The number of benzene rings is 2. The highest BCUT2D eigenvalue weighted by Gasteiger charge is 2.14. The summed E-state index contributed by atoms with van der Waals surface area (Å²) >= 11 is 0. The Morgan fingerprint density at radius 3 is 2.25 bits per heavy atom. The van der Waals surface area contributed by atoms with E-state index in [0.29, 0.717) is 5.69 Å². The van der Waals surface area contributed by atoms with Gasteiger partial charge >= 0.3 is 0 Å². The lowest BCUT2D eigenvalue weighted by atomic mass is 10.1. The highest BCUT2D eigenvalue weighted by molar-refractivity contribution is 5.94. The molecule has 2 aromatic rings. The van der Waals surface area contributed by atoms with Crippen LogP contribution in [0.3, 0.4) is 0 Å². The standard InChI is InChI=1S/C22H26FN3O2/c1-17(27)26(21-9-5-18(23)6-10-21)16-13-22(28)24-19-7-11-20(12-8-19)25-14-3-2-4-15-25/h5-12H,2-4,13-16H2,1H3,(H,24,28). The first-order valence-electron chi connectivity index (χ1n) is 9.71. The molecule has 28 heavy (non-hydrogen) atoms. The van der Waals surface area contributed by atoms with E-state index in [2.05, 4.69) is 10.2 Å². The molecule has 1 saturated heterocycles. The third kappa shape index (κ3) is 5.31. The molecule has 0 aliphatic carbocycles. The van der Waals surface area contributed by atoms with Gasteiger partial charge in [0.25, 0.3) is 0 Å². The molecule has 2 amide bonds. The summed E-state index contributed by atoms with van der Waals surface area (Å²) in [7, 11) is 0. The maximum absolute atomic E-state index is 13.1. The Bertz CT molecular complexity index is 800. The quantitative estimate of drug-likeness (QED) is 0.813. The van der Waals surface area contributed by atoms with Gasteiger partial charge in [-0.3, -0.25) is 9.59 Å². The summed E-state index contributed by atoms with van der Waals surface area (Å²) in [6.07, 6.45) is 3.89. The predicted molar refractivity (Wildman–Crippen MR) is 110 cm³/mol. The molecular weight excluding hydrogens is 357 g/mol. The Morgan fingerprint density at radius 2 is 1.64 bits per heavy atom. The van der Waals surface area contributed by atoms with Crippen LogP contribution in [-0.2, 0) is 9.59 Å². The van der Waals surface area contributed by atoms with Crippen LogP contribution in [0.1, 0.15) is 32.6 Å². The van der Waals surface area contributed by atoms with Gasteiger partial charge in [-0.05, 0) is 67.8 Å². The van der Waals surface area contributed by atoms with Gasteiger partial charge in [0.15, 0.2) is 0 Å². The van der Waals surface area contributed by atoms with Crippen molar-refractivity contribution in [2.45, 2.75) is 32.6 Å². The number of piperidine rings is 1. The third-order valence-corrected chi connectivity index (χ3v) is 4.95. The van der Waals surface area contributed by atoms with Crippen molar-refractivity contribution in [3.63, 3.8) is 0 Å². The Labute approximate surface area is 165 Å². The number of rotatable bonds is 6. The summed E-state index contributed by atoms with van der Waals surface area (Å²) in [4.78, 5) is 28.0. The van der Waals surface area contributed by atoms with Crippen molar-refractivity contribution in [3.8, 4) is 0 Å². The molecular formula is C22H26FN3O2. The van der Waals surface area contributed by atoms with Gasteiger partial charge in [-0.25, -0.2) is 4.39 Å². The summed E-state index contributed by atoms with van der Waals surface area (Å²) < 4.78 is 13.1. The number of hydrogen-bond acceptors (Lipinski definition) is 3. The van der Waals surface area contributed by atoms with Gasteiger partial charge in [-0.15, -0.1) is 0 Å². The van der Waals surface area contributed by atoms with Crippen molar-refractivity contribution in [2.75, 3.05) is 34.8 Å². The van der Waals surface area contributed by atoms with Crippen molar-refractivity contribution in [3.05, 3.63) is 54.3 Å². The van der Waals surface area contributed by atoms with E-state index in [1.165, 1.54) is 61.0 Å². The lowest BCUT2D eigenvalue weighted by molar-refractivity contribution is -0.117. The molecule has 1 N–H and O–H groups in total. The third-order valence-electron chi connectivity index (χ3n) is 4.95. The van der Waals surface area contributed by atoms with Gasteiger partial charge in [0.05, 0.1) is 0 Å². The SMILES string of the molecule is CC(=O)N(CCC(=O)Nc1ccc(N2CCCCC2)cc1)c1ccc(F)cc1. The molecule has 0 bridgehead atoms. The molecule has 0 saturated carbocycles. The molecule has 1 fully saturated rings. The fourth-order valence-corrected chi connectivity index (χ4v) is 3.43. The van der Waals surface area contributed by atoms with Crippen molar-refractivity contribution in [1.29, 1.82) is 0 Å². The summed E-state index contributed by atoms with van der Waals surface area (Å²) in [5, 5.41) is 2.87. The molecule has 5 nitrogen and oxygen atoms in total.